The van der Waals surface area contributed by atoms with Crippen molar-refractivity contribution >= 4 is 34.8 Å². The topological polar surface area (TPSA) is 111 Å². The highest BCUT2D eigenvalue weighted by Crippen LogP contribution is 2.42. The van der Waals surface area contributed by atoms with Crippen molar-refractivity contribution in [1.29, 1.82) is 5.26 Å². The second kappa shape index (κ2) is 19.6. The van der Waals surface area contributed by atoms with Crippen molar-refractivity contribution in [2.75, 3.05) is 39.3 Å². The van der Waals surface area contributed by atoms with Crippen molar-refractivity contribution in [1.82, 2.24) is 14.8 Å². The third-order valence-corrected chi connectivity index (χ3v) is 12.7. The molecule has 5 aromatic rings. The Morgan fingerprint density at radius 2 is 1.53 bits per heavy atom. The molecule has 4 aromatic carbocycles. The normalized spacial score (nSPS) is 19.8. The second-order valence-corrected chi connectivity index (χ2v) is 17.3. The van der Waals surface area contributed by atoms with Gasteiger partial charge in [0.2, 0.25) is 0 Å². The van der Waals surface area contributed by atoms with Crippen LogP contribution in [0, 0.1) is 18.3 Å². The highest BCUT2D eigenvalue weighted by atomic mass is 35.5. The smallest absolute Gasteiger partial charge is 0.142 e. The Kier molecular flexibility index (Phi) is 14.2. The Hall–Kier alpha value is -4.37. The molecule has 0 aliphatic carbocycles. The number of hydrogen-bond donors (Lipinski definition) is 2. The predicted molar refractivity (Wildman–Crippen MR) is 237 cm³/mol. The van der Waals surface area contributed by atoms with Gasteiger partial charge in [-0.3, -0.25) is 9.88 Å². The van der Waals surface area contributed by atoms with E-state index in [1.165, 1.54) is 25.5 Å². The van der Waals surface area contributed by atoms with E-state index in [-0.39, 0.29) is 13.2 Å². The molecular weight excluding hydrogens is 819 g/mol. The number of benzene rings is 4. The first-order chi connectivity index (χ1) is 28.9. The van der Waals surface area contributed by atoms with Gasteiger partial charge in [-0.25, -0.2) is 0 Å². The third-order valence-electron chi connectivity index (χ3n) is 11.8. The van der Waals surface area contributed by atoms with Crippen LogP contribution in [-0.2, 0) is 25.4 Å². The summed E-state index contributed by atoms with van der Waals surface area (Å²) in [6, 6.07) is 26.6. The van der Waals surface area contributed by atoms with Crippen molar-refractivity contribution in [3.8, 4) is 34.4 Å². The highest BCUT2D eigenvalue weighted by Gasteiger charge is 2.50. The summed E-state index contributed by atoms with van der Waals surface area (Å²) in [6.07, 6.45) is 7.93. The second-order valence-electron chi connectivity index (χ2n) is 16.1. The Balaban J connectivity index is 0.991. The van der Waals surface area contributed by atoms with E-state index < -0.39 is 11.2 Å². The largest absolute Gasteiger partial charge is 0.492 e. The molecular formula is C48H51Cl3N4O5. The van der Waals surface area contributed by atoms with Gasteiger partial charge in [-0.05, 0) is 105 Å². The fraction of sp³-hybridized carbons (Fsp3) is 0.375. The maximum absolute atomic E-state index is 11.5. The lowest BCUT2D eigenvalue weighted by Crippen LogP contribution is -2.61. The lowest BCUT2D eigenvalue weighted by Gasteiger charge is -2.49. The number of hydrogen-bond acceptors (Lipinski definition) is 9. The summed E-state index contributed by atoms with van der Waals surface area (Å²) in [5.74, 6) is 1.79. The Labute approximate surface area is 368 Å². The van der Waals surface area contributed by atoms with Gasteiger partial charge in [0.25, 0.3) is 0 Å². The highest BCUT2D eigenvalue weighted by molar-refractivity contribution is 6.35. The molecule has 2 saturated heterocycles. The molecule has 2 unspecified atom stereocenters. The molecule has 3 heterocycles. The molecule has 0 spiro atoms. The van der Waals surface area contributed by atoms with E-state index in [0.29, 0.717) is 82.5 Å². The molecule has 0 saturated carbocycles. The minimum absolute atomic E-state index is 0.250. The van der Waals surface area contributed by atoms with Crippen LogP contribution >= 0.6 is 34.8 Å². The minimum Gasteiger partial charge on any atom is -0.492 e. The molecule has 0 amide bonds. The van der Waals surface area contributed by atoms with E-state index in [9.17, 15) is 15.5 Å². The molecule has 2 aliphatic heterocycles. The number of aliphatic hydroxyl groups is 2. The number of nitrogens with zero attached hydrogens (tertiary/aromatic N) is 4. The predicted octanol–water partition coefficient (Wildman–Crippen LogP) is 10.1. The van der Waals surface area contributed by atoms with Crippen molar-refractivity contribution < 1.29 is 24.4 Å². The summed E-state index contributed by atoms with van der Waals surface area (Å²) < 4.78 is 19.0. The molecule has 2 aliphatic rings. The molecule has 9 nitrogen and oxygen atoms in total. The number of ether oxygens (including phenoxy) is 3. The first kappa shape index (κ1) is 43.7. The molecule has 2 fully saturated rings. The zero-order valence-electron chi connectivity index (χ0n) is 34.1. The maximum Gasteiger partial charge on any atom is 0.142 e. The third kappa shape index (κ3) is 10.2. The average molecular weight is 870 g/mol. The minimum atomic E-state index is -1.37. The zero-order chi connectivity index (χ0) is 42.3. The average Bonchev–Trinajstić information content (AvgIpc) is 3.24. The van der Waals surface area contributed by atoms with Gasteiger partial charge in [0.15, 0.2) is 0 Å². The monoisotopic (exact) mass is 868 g/mol. The zero-order valence-corrected chi connectivity index (χ0v) is 36.4. The fourth-order valence-corrected chi connectivity index (χ4v) is 8.93. The van der Waals surface area contributed by atoms with E-state index >= 15 is 0 Å². The van der Waals surface area contributed by atoms with Crippen LogP contribution in [-0.4, -0.2) is 69.9 Å². The van der Waals surface area contributed by atoms with Crippen LogP contribution in [0.3, 0.4) is 0 Å². The Morgan fingerprint density at radius 3 is 2.30 bits per heavy atom. The SMILES string of the molecule is Cc1c(COc2cc(OCc3cncc(C#N)c3)c(CN3CCCCC3)cc2Cl)cccc1-c1cccc(OCCCN2CCC(O)(c3ccc(Cl)cc3)C(C)(O)C2)c1Cl. The van der Waals surface area contributed by atoms with E-state index in [1.54, 1.807) is 43.5 Å². The summed E-state index contributed by atoms with van der Waals surface area (Å²) in [5, 5.41) is 33.9. The summed E-state index contributed by atoms with van der Waals surface area (Å²) in [5.41, 5.74) is 4.04. The molecule has 0 bridgehead atoms. The Morgan fingerprint density at radius 1 is 0.783 bits per heavy atom. The van der Waals surface area contributed by atoms with E-state index in [2.05, 4.69) is 27.8 Å². The van der Waals surface area contributed by atoms with Crippen LogP contribution in [0.25, 0.3) is 11.1 Å². The number of β-amino-alcohol motifs (C(OH)–C–C–N with tert-alkyl or cyclic N) is 1. The first-order valence-corrected chi connectivity index (χ1v) is 21.7. The molecule has 7 rings (SSSR count). The number of nitriles is 1. The number of piperidine rings is 2. The maximum atomic E-state index is 11.5. The van der Waals surface area contributed by atoms with Crippen molar-refractivity contribution in [3.05, 3.63) is 140 Å². The standard InChI is InChI=1S/C48H51Cl3N4O5/c1-33-36(31-60-45-25-44(59-30-35-23-34(26-52)27-53-28-35)37(24-42(45)50)29-54-18-4-3-5-19-54)9-6-10-40(33)41-11-7-12-43(46(41)51)58-22-8-20-55-21-17-48(57,47(2,56)32-55)38-13-15-39(49)16-14-38/h6-7,9-16,23-25,27-28,56-57H,3-5,8,17-22,29-32H2,1-2H3. The first-order valence-electron chi connectivity index (χ1n) is 20.5. The summed E-state index contributed by atoms with van der Waals surface area (Å²) in [7, 11) is 0. The van der Waals surface area contributed by atoms with Crippen LogP contribution in [0.2, 0.25) is 15.1 Å². The molecule has 2 N–H and O–H groups in total. The number of likely N-dealkylation sites (tertiary alicyclic amines) is 2. The van der Waals surface area contributed by atoms with Gasteiger partial charge >= 0.3 is 0 Å². The van der Waals surface area contributed by atoms with Gasteiger partial charge in [-0.1, -0.05) is 83.7 Å². The van der Waals surface area contributed by atoms with Gasteiger partial charge < -0.3 is 29.3 Å². The van der Waals surface area contributed by atoms with Crippen molar-refractivity contribution in [3.63, 3.8) is 0 Å². The van der Waals surface area contributed by atoms with Crippen LogP contribution < -0.4 is 14.2 Å². The van der Waals surface area contributed by atoms with Gasteiger partial charge in [0.05, 0.1) is 22.2 Å². The quantitative estimate of drug-likeness (QED) is 0.0994. The summed E-state index contributed by atoms with van der Waals surface area (Å²) in [4.78, 5) is 8.77. The van der Waals surface area contributed by atoms with Crippen LogP contribution in [0.15, 0.2) is 91.3 Å². The van der Waals surface area contributed by atoms with Gasteiger partial charge in [0.1, 0.15) is 47.7 Å². The number of aromatic nitrogens is 1. The van der Waals surface area contributed by atoms with Crippen LogP contribution in [0.5, 0.6) is 17.2 Å². The van der Waals surface area contributed by atoms with Gasteiger partial charge in [-0.2, -0.15) is 5.26 Å². The summed E-state index contributed by atoms with van der Waals surface area (Å²) in [6.45, 7) is 9.12. The van der Waals surface area contributed by atoms with Crippen molar-refractivity contribution in [2.24, 2.45) is 0 Å². The lowest BCUT2D eigenvalue weighted by molar-refractivity contribution is -0.186. The fourth-order valence-electron chi connectivity index (χ4n) is 8.29. The molecule has 1 aromatic heterocycles. The van der Waals surface area contributed by atoms with E-state index in [0.717, 1.165) is 53.0 Å². The Bertz CT molecular complexity index is 2310. The lowest BCUT2D eigenvalue weighted by atomic mass is 9.73. The number of pyridine rings is 1. The number of rotatable bonds is 15. The molecule has 314 valence electrons. The van der Waals surface area contributed by atoms with E-state index in [4.69, 9.17) is 49.0 Å². The molecule has 2 atom stereocenters. The molecule has 12 heteroatoms. The summed E-state index contributed by atoms with van der Waals surface area (Å²) >= 11 is 20.0. The van der Waals surface area contributed by atoms with Crippen LogP contribution in [0.4, 0.5) is 0 Å². The van der Waals surface area contributed by atoms with Crippen LogP contribution in [0.1, 0.15) is 72.4 Å². The number of halogens is 3. The van der Waals surface area contributed by atoms with Crippen molar-refractivity contribution in [2.45, 2.75) is 76.9 Å². The molecule has 60 heavy (non-hydrogen) atoms. The van der Waals surface area contributed by atoms with Gasteiger partial charge in [-0.15, -0.1) is 0 Å². The molecule has 0 radical (unpaired) electrons. The van der Waals surface area contributed by atoms with Gasteiger partial charge in [0, 0.05) is 66.4 Å². The van der Waals surface area contributed by atoms with E-state index in [1.807, 2.05) is 48.5 Å².